The summed E-state index contributed by atoms with van der Waals surface area (Å²) in [6, 6.07) is 4.89. The summed E-state index contributed by atoms with van der Waals surface area (Å²) in [6.07, 6.45) is 6.18. The molecule has 0 atom stereocenters. The number of hydrogen-bond donors (Lipinski definition) is 0. The average molecular weight is 338 g/mol. The van der Waals surface area contributed by atoms with Crippen LogP contribution in [0.15, 0.2) is 12.1 Å². The molecule has 2 aliphatic carbocycles. The topological polar surface area (TPSA) is 50.1 Å². The van der Waals surface area contributed by atoms with Crippen molar-refractivity contribution in [2.24, 2.45) is 7.05 Å². The van der Waals surface area contributed by atoms with E-state index in [0.29, 0.717) is 12.0 Å². The standard InChI is InChI=1S/C19H26N6/c1-23(12-18-15-4-3-5-17(15)22-24(18)2)14-10-25(11-14)19-9-8-16(20-21-19)13-6-7-13/h8-9,13-14H,3-7,10-12H2,1-2H3. The first-order valence-electron chi connectivity index (χ1n) is 9.51. The molecule has 1 aliphatic heterocycles. The summed E-state index contributed by atoms with van der Waals surface area (Å²) in [5.74, 6) is 1.70. The lowest BCUT2D eigenvalue weighted by atomic mass is 10.1. The number of aryl methyl sites for hydroxylation is 2. The van der Waals surface area contributed by atoms with Gasteiger partial charge in [-0.2, -0.15) is 10.2 Å². The summed E-state index contributed by atoms with van der Waals surface area (Å²) in [5, 5.41) is 13.5. The van der Waals surface area contributed by atoms with Gasteiger partial charge in [-0.3, -0.25) is 9.58 Å². The molecule has 2 aromatic heterocycles. The highest BCUT2D eigenvalue weighted by atomic mass is 15.4. The van der Waals surface area contributed by atoms with Crippen LogP contribution in [-0.4, -0.2) is 51.1 Å². The Hall–Kier alpha value is -1.95. The van der Waals surface area contributed by atoms with Gasteiger partial charge in [-0.1, -0.05) is 0 Å². The SMILES string of the molecule is CN(Cc1c2c(nn1C)CCC2)C1CN(c2ccc(C3CC3)nn2)C1. The van der Waals surface area contributed by atoms with Crippen molar-refractivity contribution in [3.8, 4) is 0 Å². The van der Waals surface area contributed by atoms with E-state index in [1.54, 1.807) is 0 Å². The first-order valence-corrected chi connectivity index (χ1v) is 9.51. The number of hydrogen-bond acceptors (Lipinski definition) is 5. The number of anilines is 1. The third kappa shape index (κ3) is 2.72. The summed E-state index contributed by atoms with van der Waals surface area (Å²) in [4.78, 5) is 4.80. The molecule has 6 heteroatoms. The lowest BCUT2D eigenvalue weighted by Gasteiger charge is -2.44. The van der Waals surface area contributed by atoms with Gasteiger partial charge in [-0.25, -0.2) is 0 Å². The summed E-state index contributed by atoms with van der Waals surface area (Å²) in [7, 11) is 4.32. The number of fused-ring (bicyclic) bond motifs is 1. The Morgan fingerprint density at radius 3 is 2.72 bits per heavy atom. The lowest BCUT2D eigenvalue weighted by molar-refractivity contribution is 0.192. The van der Waals surface area contributed by atoms with Crippen LogP contribution in [0.1, 0.15) is 47.8 Å². The van der Waals surface area contributed by atoms with Gasteiger partial charge in [-0.15, -0.1) is 5.10 Å². The second kappa shape index (κ2) is 5.80. The third-order valence-electron chi connectivity index (χ3n) is 6.07. The van der Waals surface area contributed by atoms with Crippen molar-refractivity contribution in [3.05, 3.63) is 34.8 Å². The Labute approximate surface area is 148 Å². The van der Waals surface area contributed by atoms with E-state index in [2.05, 4.69) is 50.9 Å². The maximum atomic E-state index is 4.70. The molecular formula is C19H26N6. The monoisotopic (exact) mass is 338 g/mol. The van der Waals surface area contributed by atoms with Crippen molar-refractivity contribution < 1.29 is 0 Å². The molecule has 1 saturated carbocycles. The molecule has 0 radical (unpaired) electrons. The molecule has 3 aliphatic rings. The van der Waals surface area contributed by atoms with Crippen LogP contribution in [0.4, 0.5) is 5.82 Å². The van der Waals surface area contributed by atoms with Crippen LogP contribution in [0.25, 0.3) is 0 Å². The fraction of sp³-hybridized carbons (Fsp3) is 0.632. The molecule has 5 rings (SSSR count). The van der Waals surface area contributed by atoms with Gasteiger partial charge in [0.2, 0.25) is 0 Å². The molecule has 0 aromatic carbocycles. The van der Waals surface area contributed by atoms with Crippen LogP contribution in [0.2, 0.25) is 0 Å². The zero-order valence-electron chi connectivity index (χ0n) is 15.1. The smallest absolute Gasteiger partial charge is 0.151 e. The van der Waals surface area contributed by atoms with Crippen molar-refractivity contribution in [3.63, 3.8) is 0 Å². The highest BCUT2D eigenvalue weighted by Crippen LogP contribution is 2.39. The normalized spacial score (nSPS) is 20.2. The van der Waals surface area contributed by atoms with Gasteiger partial charge in [0.25, 0.3) is 0 Å². The molecule has 0 amide bonds. The Morgan fingerprint density at radius 2 is 2.00 bits per heavy atom. The Morgan fingerprint density at radius 1 is 1.16 bits per heavy atom. The van der Waals surface area contributed by atoms with Crippen molar-refractivity contribution in [1.82, 2.24) is 24.9 Å². The average Bonchev–Trinajstić information content (AvgIpc) is 3.25. The molecule has 1 saturated heterocycles. The van der Waals surface area contributed by atoms with Crippen LogP contribution >= 0.6 is 0 Å². The third-order valence-corrected chi connectivity index (χ3v) is 6.07. The molecule has 0 unspecified atom stereocenters. The number of aromatic nitrogens is 4. The predicted molar refractivity (Wildman–Crippen MR) is 96.7 cm³/mol. The zero-order chi connectivity index (χ0) is 17.0. The fourth-order valence-corrected chi connectivity index (χ4v) is 4.17. The first-order chi connectivity index (χ1) is 12.2. The predicted octanol–water partition coefficient (Wildman–Crippen LogP) is 1.90. The van der Waals surface area contributed by atoms with Crippen LogP contribution in [-0.2, 0) is 26.4 Å². The van der Waals surface area contributed by atoms with Gasteiger partial charge in [0, 0.05) is 38.6 Å². The molecule has 2 aromatic rings. The van der Waals surface area contributed by atoms with Gasteiger partial charge < -0.3 is 4.90 Å². The minimum Gasteiger partial charge on any atom is -0.352 e. The van der Waals surface area contributed by atoms with Gasteiger partial charge in [0.15, 0.2) is 5.82 Å². The molecule has 25 heavy (non-hydrogen) atoms. The minimum atomic E-state index is 0.580. The van der Waals surface area contributed by atoms with Crippen molar-refractivity contribution in [2.75, 3.05) is 25.0 Å². The Kier molecular flexibility index (Phi) is 3.55. The fourth-order valence-electron chi connectivity index (χ4n) is 4.17. The van der Waals surface area contributed by atoms with Gasteiger partial charge >= 0.3 is 0 Å². The zero-order valence-corrected chi connectivity index (χ0v) is 15.1. The lowest BCUT2D eigenvalue weighted by Crippen LogP contribution is -2.58. The number of nitrogens with zero attached hydrogens (tertiary/aromatic N) is 6. The number of rotatable bonds is 5. The highest BCUT2D eigenvalue weighted by Gasteiger charge is 2.33. The number of likely N-dealkylation sites (N-methyl/N-ethyl adjacent to an activating group) is 1. The van der Waals surface area contributed by atoms with Crippen molar-refractivity contribution in [2.45, 2.75) is 50.6 Å². The maximum Gasteiger partial charge on any atom is 0.151 e. The largest absolute Gasteiger partial charge is 0.352 e. The van der Waals surface area contributed by atoms with E-state index >= 15 is 0 Å². The van der Waals surface area contributed by atoms with E-state index in [1.165, 1.54) is 48.3 Å². The Bertz CT molecular complexity index is 770. The summed E-state index contributed by atoms with van der Waals surface area (Å²) in [5.41, 5.74) is 5.41. The van der Waals surface area contributed by atoms with Gasteiger partial charge in [-0.05, 0) is 56.8 Å². The first kappa shape index (κ1) is 15.3. The van der Waals surface area contributed by atoms with E-state index in [0.717, 1.165) is 31.9 Å². The summed E-state index contributed by atoms with van der Waals surface area (Å²) >= 11 is 0. The van der Waals surface area contributed by atoms with Crippen LogP contribution < -0.4 is 4.90 Å². The van der Waals surface area contributed by atoms with Crippen LogP contribution in [0.5, 0.6) is 0 Å². The van der Waals surface area contributed by atoms with Gasteiger partial charge in [0.05, 0.1) is 17.1 Å². The maximum absolute atomic E-state index is 4.70. The van der Waals surface area contributed by atoms with E-state index < -0.39 is 0 Å². The molecule has 0 N–H and O–H groups in total. The molecule has 0 bridgehead atoms. The van der Waals surface area contributed by atoms with Gasteiger partial charge in [0.1, 0.15) is 0 Å². The van der Waals surface area contributed by atoms with Crippen LogP contribution in [0, 0.1) is 0 Å². The minimum absolute atomic E-state index is 0.580. The molecule has 6 nitrogen and oxygen atoms in total. The molecule has 3 heterocycles. The van der Waals surface area contributed by atoms with Crippen molar-refractivity contribution >= 4 is 5.82 Å². The summed E-state index contributed by atoms with van der Waals surface area (Å²) in [6.45, 7) is 3.06. The second-order valence-electron chi connectivity index (χ2n) is 7.91. The summed E-state index contributed by atoms with van der Waals surface area (Å²) < 4.78 is 2.10. The molecule has 132 valence electrons. The molecular weight excluding hydrogens is 312 g/mol. The molecule has 0 spiro atoms. The molecule has 2 fully saturated rings. The Balaban J connectivity index is 1.20. The second-order valence-corrected chi connectivity index (χ2v) is 7.91. The van der Waals surface area contributed by atoms with E-state index in [9.17, 15) is 0 Å². The van der Waals surface area contributed by atoms with E-state index in [4.69, 9.17) is 5.10 Å². The highest BCUT2D eigenvalue weighted by molar-refractivity contribution is 5.42. The van der Waals surface area contributed by atoms with Crippen molar-refractivity contribution in [1.29, 1.82) is 0 Å². The van der Waals surface area contributed by atoms with E-state index in [-0.39, 0.29) is 0 Å². The van der Waals surface area contributed by atoms with Crippen LogP contribution in [0.3, 0.4) is 0 Å². The van der Waals surface area contributed by atoms with E-state index in [1.807, 2.05) is 0 Å². The quantitative estimate of drug-likeness (QED) is 0.833.